The van der Waals surface area contributed by atoms with Crippen molar-refractivity contribution in [2.24, 2.45) is 0 Å². The van der Waals surface area contributed by atoms with Crippen molar-refractivity contribution in [1.29, 1.82) is 0 Å². The van der Waals surface area contributed by atoms with Crippen molar-refractivity contribution in [1.82, 2.24) is 0 Å². The summed E-state index contributed by atoms with van der Waals surface area (Å²) >= 11 is 0. The van der Waals surface area contributed by atoms with Gasteiger partial charge in [0.2, 0.25) is 0 Å². The maximum absolute atomic E-state index is 5.59. The molecule has 4 rings (SSSR count). The zero-order valence-corrected chi connectivity index (χ0v) is 19.3. The van der Waals surface area contributed by atoms with Crippen LogP contribution in [0.5, 0.6) is 5.75 Å². The molecule has 1 spiro atoms. The molecular weight excluding hydrogens is 354 g/mol. The van der Waals surface area contributed by atoms with Crippen LogP contribution in [0.4, 0.5) is 5.69 Å². The molecule has 29 heavy (non-hydrogen) atoms. The van der Waals surface area contributed by atoms with Gasteiger partial charge in [0.05, 0.1) is 7.11 Å². The first-order valence-corrected chi connectivity index (χ1v) is 11.3. The van der Waals surface area contributed by atoms with Gasteiger partial charge in [-0.05, 0) is 79.3 Å². The molecule has 0 saturated carbocycles. The second kappa shape index (κ2) is 7.07. The number of anilines is 1. The summed E-state index contributed by atoms with van der Waals surface area (Å²) in [7, 11) is 1.78. The molecule has 1 saturated heterocycles. The van der Waals surface area contributed by atoms with Crippen LogP contribution in [0, 0.1) is 0 Å². The highest BCUT2D eigenvalue weighted by Gasteiger charge is 2.52. The Morgan fingerprint density at radius 3 is 2.21 bits per heavy atom. The Morgan fingerprint density at radius 1 is 0.966 bits per heavy atom. The number of nitrogens with zero attached hydrogens (tertiary/aromatic N) is 1. The molecule has 1 aliphatic heterocycles. The highest BCUT2D eigenvalue weighted by molar-refractivity contribution is 5.66. The van der Waals surface area contributed by atoms with Gasteiger partial charge < -0.3 is 9.64 Å². The van der Waals surface area contributed by atoms with Crippen molar-refractivity contribution in [3.63, 3.8) is 0 Å². The molecule has 1 aliphatic carbocycles. The van der Waals surface area contributed by atoms with Crippen LogP contribution in [0.25, 0.3) is 0 Å². The van der Waals surface area contributed by atoms with Crippen molar-refractivity contribution in [3.8, 4) is 5.75 Å². The van der Waals surface area contributed by atoms with Crippen LogP contribution in [0.2, 0.25) is 0 Å². The third-order valence-corrected chi connectivity index (χ3v) is 7.34. The quantitative estimate of drug-likeness (QED) is 0.567. The number of rotatable bonds is 4. The minimum atomic E-state index is 0.124. The smallest absolute Gasteiger partial charge is 0.119 e. The lowest BCUT2D eigenvalue weighted by molar-refractivity contribution is 0.402. The molecule has 1 atom stereocenters. The van der Waals surface area contributed by atoms with Crippen molar-refractivity contribution < 1.29 is 4.74 Å². The zero-order valence-electron chi connectivity index (χ0n) is 19.3. The standard InChI is InChI=1S/C27H37NO/c1-18(2)22-9-8-10-23(19(3)4)25(22)28-17-27(16-26(28,5)6)14-13-20-11-12-21(29-7)15-24(20)27/h8-12,15,18-19H,13-14,16-17H2,1-7H3/t27-/m0/s1. The van der Waals surface area contributed by atoms with Crippen LogP contribution in [0.3, 0.4) is 0 Å². The van der Waals surface area contributed by atoms with E-state index in [0.29, 0.717) is 11.8 Å². The van der Waals surface area contributed by atoms with Gasteiger partial charge in [0.25, 0.3) is 0 Å². The largest absolute Gasteiger partial charge is 0.497 e. The number of para-hydroxylation sites is 1. The summed E-state index contributed by atoms with van der Waals surface area (Å²) in [6.07, 6.45) is 3.63. The van der Waals surface area contributed by atoms with E-state index in [-0.39, 0.29) is 11.0 Å². The molecule has 0 amide bonds. The first kappa shape index (κ1) is 20.3. The molecule has 0 aromatic heterocycles. The Hall–Kier alpha value is -1.96. The maximum atomic E-state index is 5.59. The lowest BCUT2D eigenvalue weighted by Gasteiger charge is -2.38. The average Bonchev–Trinajstić information content (AvgIpc) is 3.16. The van der Waals surface area contributed by atoms with Crippen molar-refractivity contribution in [3.05, 3.63) is 58.7 Å². The van der Waals surface area contributed by atoms with E-state index in [0.717, 1.165) is 12.3 Å². The summed E-state index contributed by atoms with van der Waals surface area (Å²) in [4.78, 5) is 2.76. The van der Waals surface area contributed by atoms with E-state index in [1.54, 1.807) is 7.11 Å². The Bertz CT molecular complexity index is 884. The van der Waals surface area contributed by atoms with Gasteiger partial charge in [0.1, 0.15) is 5.75 Å². The van der Waals surface area contributed by atoms with E-state index < -0.39 is 0 Å². The minimum Gasteiger partial charge on any atom is -0.497 e. The van der Waals surface area contributed by atoms with Crippen LogP contribution in [0.1, 0.15) is 88.5 Å². The molecular formula is C27H37NO. The molecule has 2 nitrogen and oxygen atoms in total. The maximum Gasteiger partial charge on any atom is 0.119 e. The molecule has 2 aromatic carbocycles. The lowest BCUT2D eigenvalue weighted by Crippen LogP contribution is -2.39. The second-order valence-electron chi connectivity index (χ2n) is 10.5. The number of methoxy groups -OCH3 is 1. The molecule has 1 heterocycles. The molecule has 0 unspecified atom stereocenters. The molecule has 0 bridgehead atoms. The summed E-state index contributed by atoms with van der Waals surface area (Å²) in [5.41, 5.74) is 7.88. The molecule has 0 radical (unpaired) electrons. The van der Waals surface area contributed by atoms with Crippen LogP contribution in [-0.4, -0.2) is 19.2 Å². The lowest BCUT2D eigenvalue weighted by atomic mass is 9.77. The van der Waals surface area contributed by atoms with Gasteiger partial charge in [-0.25, -0.2) is 0 Å². The predicted molar refractivity (Wildman–Crippen MR) is 124 cm³/mol. The van der Waals surface area contributed by atoms with Gasteiger partial charge >= 0.3 is 0 Å². The Labute approximate surface area is 177 Å². The number of fused-ring (bicyclic) bond motifs is 2. The summed E-state index contributed by atoms with van der Waals surface area (Å²) in [5.74, 6) is 2.03. The zero-order chi connectivity index (χ0) is 21.0. The average molecular weight is 392 g/mol. The van der Waals surface area contributed by atoms with Crippen molar-refractivity contribution in [2.75, 3.05) is 18.6 Å². The van der Waals surface area contributed by atoms with Crippen LogP contribution < -0.4 is 9.64 Å². The van der Waals surface area contributed by atoms with Gasteiger partial charge in [-0.1, -0.05) is 52.0 Å². The van der Waals surface area contributed by atoms with E-state index in [2.05, 4.69) is 82.8 Å². The molecule has 2 aromatic rings. The summed E-state index contributed by atoms with van der Waals surface area (Å²) < 4.78 is 5.59. The van der Waals surface area contributed by atoms with Crippen LogP contribution in [0.15, 0.2) is 36.4 Å². The fourth-order valence-corrected chi connectivity index (χ4v) is 5.95. The Kier molecular flexibility index (Phi) is 4.96. The van der Waals surface area contributed by atoms with Crippen LogP contribution >= 0.6 is 0 Å². The fourth-order valence-electron chi connectivity index (χ4n) is 5.95. The van der Waals surface area contributed by atoms with Crippen LogP contribution in [-0.2, 0) is 11.8 Å². The van der Waals surface area contributed by atoms with Gasteiger partial charge in [0.15, 0.2) is 0 Å². The van der Waals surface area contributed by atoms with E-state index in [1.165, 1.54) is 47.2 Å². The number of aryl methyl sites for hydroxylation is 1. The van der Waals surface area contributed by atoms with E-state index in [4.69, 9.17) is 4.74 Å². The highest BCUT2D eigenvalue weighted by atomic mass is 16.5. The van der Waals surface area contributed by atoms with E-state index in [1.807, 2.05) is 0 Å². The molecule has 2 heteroatoms. The fraction of sp³-hybridized carbons (Fsp3) is 0.556. The number of ether oxygens (including phenoxy) is 1. The first-order valence-electron chi connectivity index (χ1n) is 11.3. The minimum absolute atomic E-state index is 0.124. The van der Waals surface area contributed by atoms with Gasteiger partial charge in [-0.15, -0.1) is 0 Å². The number of hydrogen-bond acceptors (Lipinski definition) is 2. The molecule has 1 fully saturated rings. The SMILES string of the molecule is COc1ccc2c(c1)[C@]1(CC2)CN(c2c(C(C)C)cccc2C(C)C)C(C)(C)C1. The summed E-state index contributed by atoms with van der Waals surface area (Å²) in [6.45, 7) is 15.3. The topological polar surface area (TPSA) is 12.5 Å². The molecule has 2 aliphatic rings. The number of benzene rings is 2. The summed E-state index contributed by atoms with van der Waals surface area (Å²) in [6, 6.07) is 13.7. The third kappa shape index (κ3) is 3.25. The normalized spacial score (nSPS) is 22.7. The monoisotopic (exact) mass is 391 g/mol. The molecule has 156 valence electrons. The first-order chi connectivity index (χ1) is 13.7. The number of hydrogen-bond donors (Lipinski definition) is 0. The van der Waals surface area contributed by atoms with E-state index >= 15 is 0 Å². The Balaban J connectivity index is 1.84. The van der Waals surface area contributed by atoms with Gasteiger partial charge in [0, 0.05) is 23.2 Å². The third-order valence-electron chi connectivity index (χ3n) is 7.34. The van der Waals surface area contributed by atoms with E-state index in [9.17, 15) is 0 Å². The Morgan fingerprint density at radius 2 is 1.62 bits per heavy atom. The van der Waals surface area contributed by atoms with Gasteiger partial charge in [-0.2, -0.15) is 0 Å². The molecule has 0 N–H and O–H groups in total. The highest BCUT2D eigenvalue weighted by Crippen LogP contribution is 2.54. The summed E-state index contributed by atoms with van der Waals surface area (Å²) in [5, 5.41) is 0. The van der Waals surface area contributed by atoms with Gasteiger partial charge in [-0.3, -0.25) is 0 Å². The van der Waals surface area contributed by atoms with Crippen molar-refractivity contribution >= 4 is 5.69 Å². The predicted octanol–water partition coefficient (Wildman–Crippen LogP) is 6.81. The second-order valence-corrected chi connectivity index (χ2v) is 10.5. The van der Waals surface area contributed by atoms with Crippen molar-refractivity contribution in [2.45, 2.75) is 83.6 Å².